The third-order valence-corrected chi connectivity index (χ3v) is 17.4. The summed E-state index contributed by atoms with van der Waals surface area (Å²) in [5, 5.41) is 1.63. The van der Waals surface area contributed by atoms with Crippen molar-refractivity contribution < 1.29 is 8.85 Å². The number of para-hydroxylation sites is 2. The lowest BCUT2D eigenvalue weighted by Gasteiger charge is -2.36. The molecule has 2 aromatic carbocycles. The largest absolute Gasteiger partial charge is 0.416 e. The average molecular weight is 549 g/mol. The van der Waals surface area contributed by atoms with Crippen molar-refractivity contribution in [2.75, 3.05) is 18.6 Å². The number of aromatic nitrogens is 1. The smallest absolute Gasteiger partial charge is 0.192 e. The Morgan fingerprint density at radius 3 is 2.03 bits per heavy atom. The molecule has 0 aliphatic heterocycles. The number of nitrogens with one attached hydrogen (secondary N) is 1. The number of benzene rings is 2. The molecule has 206 valence electrons. The van der Waals surface area contributed by atoms with E-state index in [9.17, 15) is 0 Å². The number of nitrogens with zero attached hydrogens (tertiary/aromatic N) is 1. The number of hydrogen-bond acceptors (Lipinski definition) is 3. The molecule has 0 aliphatic rings. The molecule has 0 atom stereocenters. The molecule has 6 heteroatoms. The first-order chi connectivity index (χ1) is 17.6. The van der Waals surface area contributed by atoms with Gasteiger partial charge >= 0.3 is 0 Å². The minimum Gasteiger partial charge on any atom is -0.416 e. The highest BCUT2D eigenvalue weighted by Gasteiger charge is 2.37. The van der Waals surface area contributed by atoms with E-state index in [2.05, 4.69) is 138 Å². The monoisotopic (exact) mass is 548 g/mol. The maximum atomic E-state index is 6.51. The van der Waals surface area contributed by atoms with Crippen LogP contribution in [0.4, 0.5) is 5.69 Å². The molecule has 38 heavy (non-hydrogen) atoms. The Balaban J connectivity index is 1.78. The van der Waals surface area contributed by atoms with Gasteiger partial charge in [-0.05, 0) is 60.5 Å². The first-order valence-electron chi connectivity index (χ1n) is 13.8. The van der Waals surface area contributed by atoms with E-state index < -0.39 is 16.6 Å². The van der Waals surface area contributed by atoms with Crippen LogP contribution >= 0.6 is 0 Å². The van der Waals surface area contributed by atoms with Crippen LogP contribution in [0.1, 0.15) is 59.2 Å². The third-order valence-electron chi connectivity index (χ3n) is 8.29. The molecule has 1 N–H and O–H groups in total. The predicted molar refractivity (Wildman–Crippen MR) is 169 cm³/mol. The summed E-state index contributed by atoms with van der Waals surface area (Å²) in [6.07, 6.45) is 1.57. The quantitative estimate of drug-likeness (QED) is 0.165. The highest BCUT2D eigenvalue weighted by atomic mass is 28.4. The lowest BCUT2D eigenvalue weighted by Crippen LogP contribution is -2.41. The first-order valence-corrected chi connectivity index (χ1v) is 19.7. The molecular weight excluding hydrogens is 501 g/mol. The summed E-state index contributed by atoms with van der Waals surface area (Å²) in [6.45, 7) is 24.3. The summed E-state index contributed by atoms with van der Waals surface area (Å²) < 4.78 is 15.0. The van der Waals surface area contributed by atoms with Crippen LogP contribution < -0.4 is 5.43 Å². The predicted octanol–water partition coefficient (Wildman–Crippen LogP) is 8.84. The zero-order valence-electron chi connectivity index (χ0n) is 25.3. The average Bonchev–Trinajstić information content (AvgIpc) is 3.15. The highest BCUT2D eigenvalue weighted by Crippen LogP contribution is 2.37. The van der Waals surface area contributed by atoms with Gasteiger partial charge in [0, 0.05) is 42.7 Å². The number of rotatable bonds is 9. The molecule has 1 heterocycles. The van der Waals surface area contributed by atoms with Crippen molar-refractivity contribution in [2.45, 2.75) is 90.6 Å². The van der Waals surface area contributed by atoms with Gasteiger partial charge in [0.15, 0.2) is 16.6 Å². The Kier molecular flexibility index (Phi) is 9.42. The summed E-state index contributed by atoms with van der Waals surface area (Å²) in [7, 11) is -3.54. The number of hydrogen-bond donors (Lipinski definition) is 1. The Hall–Kier alpha value is -2.31. The molecule has 3 aromatic rings. The Labute approximate surface area is 233 Å². The second kappa shape index (κ2) is 11.8. The number of fused-ring (bicyclic) bond motifs is 1. The fourth-order valence-corrected chi connectivity index (χ4v) is 5.79. The fraction of sp³-hybridized carbons (Fsp3) is 0.500. The van der Waals surface area contributed by atoms with Gasteiger partial charge in [-0.15, -0.1) is 0 Å². The zero-order valence-corrected chi connectivity index (χ0v) is 27.3. The Morgan fingerprint density at radius 1 is 0.789 bits per heavy atom. The van der Waals surface area contributed by atoms with Crippen molar-refractivity contribution in [3.63, 3.8) is 0 Å². The molecule has 0 spiro atoms. The van der Waals surface area contributed by atoms with E-state index >= 15 is 0 Å². The van der Waals surface area contributed by atoms with Crippen molar-refractivity contribution >= 4 is 33.2 Å². The van der Waals surface area contributed by atoms with Crippen molar-refractivity contribution in [1.82, 2.24) is 4.68 Å². The van der Waals surface area contributed by atoms with Gasteiger partial charge in [0.2, 0.25) is 0 Å². The Morgan fingerprint density at radius 2 is 1.37 bits per heavy atom. The van der Waals surface area contributed by atoms with Crippen molar-refractivity contribution in [2.24, 2.45) is 0 Å². The van der Waals surface area contributed by atoms with Crippen molar-refractivity contribution in [3.8, 4) is 11.8 Å². The summed E-state index contributed by atoms with van der Waals surface area (Å²) in [6, 6.07) is 19.1. The minimum atomic E-state index is -1.80. The molecule has 0 saturated heterocycles. The molecule has 0 amide bonds. The second-order valence-electron chi connectivity index (χ2n) is 13.2. The summed E-state index contributed by atoms with van der Waals surface area (Å²) in [5.74, 6) is 6.73. The van der Waals surface area contributed by atoms with E-state index in [1.165, 1.54) is 11.1 Å². The SMILES string of the molecule is CC(C)(C)[Si](C)(C)OCCC#Cc1ccccc1Nn1c(CCO[Si](C)(C)C(C)(C)C)cc2ccccc21. The molecule has 4 nitrogen and oxygen atoms in total. The fourth-order valence-electron chi connectivity index (χ4n) is 3.70. The topological polar surface area (TPSA) is 35.4 Å². The van der Waals surface area contributed by atoms with Crippen molar-refractivity contribution in [3.05, 3.63) is 65.9 Å². The molecule has 0 unspecified atom stereocenters. The van der Waals surface area contributed by atoms with Gasteiger partial charge in [0.25, 0.3) is 0 Å². The molecule has 0 bridgehead atoms. The van der Waals surface area contributed by atoms with Gasteiger partial charge in [0.05, 0.1) is 11.2 Å². The van der Waals surface area contributed by atoms with Gasteiger partial charge in [-0.1, -0.05) is 83.7 Å². The van der Waals surface area contributed by atoms with Gasteiger partial charge < -0.3 is 8.85 Å². The van der Waals surface area contributed by atoms with E-state index in [0.29, 0.717) is 13.2 Å². The maximum Gasteiger partial charge on any atom is 0.192 e. The van der Waals surface area contributed by atoms with Crippen LogP contribution in [-0.4, -0.2) is 34.5 Å². The minimum absolute atomic E-state index is 0.200. The van der Waals surface area contributed by atoms with E-state index in [-0.39, 0.29) is 10.1 Å². The summed E-state index contributed by atoms with van der Waals surface area (Å²) >= 11 is 0. The van der Waals surface area contributed by atoms with Gasteiger partial charge in [0.1, 0.15) is 0 Å². The van der Waals surface area contributed by atoms with E-state index in [1.807, 2.05) is 6.07 Å². The van der Waals surface area contributed by atoms with Crippen LogP contribution in [-0.2, 0) is 15.3 Å². The van der Waals surface area contributed by atoms with Crippen molar-refractivity contribution in [1.29, 1.82) is 0 Å². The van der Waals surface area contributed by atoms with E-state index in [0.717, 1.165) is 29.6 Å². The van der Waals surface area contributed by atoms with Crippen LogP contribution in [0.5, 0.6) is 0 Å². The van der Waals surface area contributed by atoms with E-state index in [4.69, 9.17) is 8.85 Å². The molecule has 0 saturated carbocycles. The van der Waals surface area contributed by atoms with Crippen LogP contribution in [0.2, 0.25) is 36.3 Å². The molecule has 1 aromatic heterocycles. The molecule has 0 fully saturated rings. The normalized spacial score (nSPS) is 12.9. The lowest BCUT2D eigenvalue weighted by molar-refractivity contribution is 0.290. The third kappa shape index (κ3) is 7.41. The second-order valence-corrected chi connectivity index (χ2v) is 22.8. The van der Waals surface area contributed by atoms with Crippen LogP contribution in [0.3, 0.4) is 0 Å². The molecule has 0 aliphatic carbocycles. The summed E-state index contributed by atoms with van der Waals surface area (Å²) in [4.78, 5) is 0. The molecule has 0 radical (unpaired) electrons. The zero-order chi connectivity index (χ0) is 28.2. The van der Waals surface area contributed by atoms with E-state index in [1.54, 1.807) is 0 Å². The van der Waals surface area contributed by atoms with Gasteiger partial charge in [-0.3, -0.25) is 10.1 Å². The highest BCUT2D eigenvalue weighted by molar-refractivity contribution is 6.74. The van der Waals surface area contributed by atoms with Crippen LogP contribution in [0, 0.1) is 11.8 Å². The van der Waals surface area contributed by atoms with Crippen LogP contribution in [0.15, 0.2) is 54.6 Å². The summed E-state index contributed by atoms with van der Waals surface area (Å²) in [5.41, 5.74) is 8.02. The maximum absolute atomic E-state index is 6.51. The van der Waals surface area contributed by atoms with Gasteiger partial charge in [-0.2, -0.15) is 0 Å². The Bertz CT molecular complexity index is 1280. The lowest BCUT2D eigenvalue weighted by atomic mass is 10.2. The standard InChI is InChI=1S/C32H48N2O2Si2/c1-31(2,3)37(7,8)35-23-16-15-18-26-17-11-13-20-29(26)33-34-28(25-27-19-12-14-21-30(27)34)22-24-36-38(9,10)32(4,5)6/h11-14,17,19-21,25,33H,16,22-24H2,1-10H3. The molecule has 3 rings (SSSR count). The molecular formula is C32H48N2O2Si2. The first kappa shape index (κ1) is 30.2. The van der Waals surface area contributed by atoms with Crippen LogP contribution in [0.25, 0.3) is 10.9 Å². The van der Waals surface area contributed by atoms with Gasteiger partial charge in [-0.25, -0.2) is 0 Å². The number of anilines is 1.